The molecule has 2 aliphatic heterocycles. The van der Waals surface area contributed by atoms with E-state index in [1.54, 1.807) is 0 Å². The number of aromatic amines is 1. The molecule has 46 heavy (non-hydrogen) atoms. The summed E-state index contributed by atoms with van der Waals surface area (Å²) >= 11 is 7.61. The van der Waals surface area contributed by atoms with Gasteiger partial charge in [-0.3, -0.25) is 24.1 Å². The van der Waals surface area contributed by atoms with Crippen molar-refractivity contribution in [3.63, 3.8) is 0 Å². The summed E-state index contributed by atoms with van der Waals surface area (Å²) in [5, 5.41) is 41.8. The van der Waals surface area contributed by atoms with Gasteiger partial charge in [0.25, 0.3) is 11.8 Å². The molecule has 234 valence electrons. The number of nitrogens with one attached hydrogen (secondary N) is 3. The summed E-state index contributed by atoms with van der Waals surface area (Å²) in [5.74, 6) is -4.08. The van der Waals surface area contributed by atoms with Crippen molar-refractivity contribution in [2.75, 3.05) is 5.75 Å². The number of hydrogen-bond acceptors (Lipinski definition) is 14. The molecule has 1 fully saturated rings. The number of rotatable bonds is 9. The minimum absolute atomic E-state index is 0.0448. The molecule has 5 heterocycles. The van der Waals surface area contributed by atoms with Gasteiger partial charge in [-0.05, 0) is 17.7 Å². The molecule has 19 heteroatoms. The van der Waals surface area contributed by atoms with Gasteiger partial charge in [-0.25, -0.2) is 14.8 Å². The highest BCUT2D eigenvalue weighted by molar-refractivity contribution is 8.00. The van der Waals surface area contributed by atoms with Crippen molar-refractivity contribution in [2.45, 2.75) is 24.1 Å². The van der Waals surface area contributed by atoms with Crippen LogP contribution in [-0.2, 0) is 21.0 Å². The Morgan fingerprint density at radius 1 is 1.22 bits per heavy atom. The topological polar surface area (TPSA) is 241 Å². The Labute approximate surface area is 270 Å². The number of pyridine rings is 1. The fraction of sp³-hybridized carbons (Fsp3) is 0.185. The van der Waals surface area contributed by atoms with Crippen LogP contribution in [0.2, 0.25) is 0 Å². The summed E-state index contributed by atoms with van der Waals surface area (Å²) in [6.07, 6.45) is 3.66. The number of carboxylic acid groups (broad SMARTS) is 1. The van der Waals surface area contributed by atoms with Crippen LogP contribution in [0.3, 0.4) is 0 Å². The number of carboxylic acids is 1. The molecule has 0 aliphatic carbocycles. The first-order valence-corrected chi connectivity index (χ1v) is 15.5. The van der Waals surface area contributed by atoms with Gasteiger partial charge in [0.2, 0.25) is 11.3 Å². The van der Waals surface area contributed by atoms with Gasteiger partial charge in [0.1, 0.15) is 51.3 Å². The van der Waals surface area contributed by atoms with E-state index in [9.17, 15) is 39.3 Å². The SMILES string of the molecule is O=C(O)C1=C(C(=S)c2nnc(CO)s2)CS[C@H]2C(NC(=O)C(NC(=O)c3c[nH]c4cncnc4c3=O)c3cccc(O)c3)C(=O)N12. The Bertz CT molecular complexity index is 2050. The van der Waals surface area contributed by atoms with Gasteiger partial charge in [-0.15, -0.1) is 22.0 Å². The number of thiocarbonyl (C=S) groups is 1. The molecule has 0 spiro atoms. The number of hydrogen-bond donors (Lipinski definition) is 6. The molecule has 2 aliphatic rings. The van der Waals surface area contributed by atoms with E-state index in [1.165, 1.54) is 30.5 Å². The zero-order chi connectivity index (χ0) is 32.7. The smallest absolute Gasteiger partial charge is 0.353 e. The molecule has 0 saturated carbocycles. The average molecular weight is 681 g/mol. The second-order valence-corrected chi connectivity index (χ2v) is 12.4. The monoisotopic (exact) mass is 680 g/mol. The number of amides is 3. The highest BCUT2D eigenvalue weighted by Crippen LogP contribution is 2.41. The lowest BCUT2D eigenvalue weighted by Crippen LogP contribution is -2.71. The summed E-state index contributed by atoms with van der Waals surface area (Å²) in [5.41, 5.74) is -0.865. The van der Waals surface area contributed by atoms with E-state index in [2.05, 4.69) is 35.8 Å². The van der Waals surface area contributed by atoms with E-state index < -0.39 is 46.6 Å². The molecular weight excluding hydrogens is 661 g/mol. The number of fused-ring (bicyclic) bond motifs is 2. The first-order chi connectivity index (χ1) is 22.1. The number of aliphatic hydroxyl groups is 1. The molecule has 1 aromatic carbocycles. The Balaban J connectivity index is 1.25. The summed E-state index contributed by atoms with van der Waals surface area (Å²) in [7, 11) is 0. The van der Waals surface area contributed by atoms with E-state index in [4.69, 9.17) is 12.2 Å². The first kappa shape index (κ1) is 30.9. The lowest BCUT2D eigenvalue weighted by Gasteiger charge is -2.49. The average Bonchev–Trinajstić information content (AvgIpc) is 3.54. The van der Waals surface area contributed by atoms with Gasteiger partial charge in [0, 0.05) is 17.5 Å². The number of phenols is 1. The van der Waals surface area contributed by atoms with Crippen molar-refractivity contribution in [3.8, 4) is 5.75 Å². The second-order valence-electron chi connectivity index (χ2n) is 9.83. The number of thioether (sulfide) groups is 1. The molecule has 3 amide bonds. The van der Waals surface area contributed by atoms with E-state index in [0.29, 0.717) is 5.52 Å². The van der Waals surface area contributed by atoms with Crippen molar-refractivity contribution in [1.29, 1.82) is 0 Å². The molecular formula is C27H20N8O8S3. The van der Waals surface area contributed by atoms with Crippen LogP contribution in [0.1, 0.15) is 32.0 Å². The molecule has 3 atom stereocenters. The zero-order valence-corrected chi connectivity index (χ0v) is 25.5. The number of phenolic OH excluding ortho intramolecular Hbond substituents is 1. The van der Waals surface area contributed by atoms with Gasteiger partial charge in [0.05, 0.1) is 23.2 Å². The molecule has 3 aromatic heterocycles. The van der Waals surface area contributed by atoms with Crippen molar-refractivity contribution in [2.24, 2.45) is 0 Å². The standard InChI is InChI=1S/C27H20N8O8S3/c36-7-15-33-34-24(46-15)21(44)13-8-45-26-18(25(41)35(26)19(13)27(42)43)32-23(40)16(10-2-1-3-11(37)4-10)31-22(39)12-5-29-14-6-28-9-30-17(14)20(12)38/h1-6,9,16,18,26,36-37H,7-8H2,(H,29,38)(H,31,39)(H,32,40)(H,42,43)/t16?,18?,26-/m0/s1. The number of carbonyl (C=O) groups excluding carboxylic acids is 3. The lowest BCUT2D eigenvalue weighted by molar-refractivity contribution is -0.150. The van der Waals surface area contributed by atoms with Crippen molar-refractivity contribution in [1.82, 2.24) is 40.7 Å². The lowest BCUT2D eigenvalue weighted by atomic mass is 9.99. The van der Waals surface area contributed by atoms with Crippen LogP contribution in [0.4, 0.5) is 0 Å². The van der Waals surface area contributed by atoms with E-state index in [0.717, 1.165) is 40.5 Å². The maximum Gasteiger partial charge on any atom is 0.353 e. The fourth-order valence-corrected chi connectivity index (χ4v) is 7.36. The van der Waals surface area contributed by atoms with Crippen LogP contribution in [0.15, 0.2) is 59.1 Å². The van der Waals surface area contributed by atoms with Gasteiger partial charge >= 0.3 is 5.97 Å². The van der Waals surface area contributed by atoms with Gasteiger partial charge in [0.15, 0.2) is 5.01 Å². The predicted octanol–water partition coefficient (Wildman–Crippen LogP) is -0.00460. The van der Waals surface area contributed by atoms with E-state index in [1.807, 2.05) is 0 Å². The second kappa shape index (κ2) is 12.4. The predicted molar refractivity (Wildman–Crippen MR) is 166 cm³/mol. The van der Waals surface area contributed by atoms with E-state index >= 15 is 0 Å². The van der Waals surface area contributed by atoms with Crippen molar-refractivity contribution >= 4 is 74.9 Å². The fourth-order valence-electron chi connectivity index (χ4n) is 4.91. The normalized spacial score (nSPS) is 18.0. The number of aliphatic hydroxyl groups excluding tert-OH is 1. The maximum atomic E-state index is 13.7. The number of aromatic nitrogens is 5. The minimum atomic E-state index is -1.48. The van der Waals surface area contributed by atoms with Gasteiger partial charge in [-0.2, -0.15) is 0 Å². The van der Waals surface area contributed by atoms with Crippen LogP contribution in [0, 0.1) is 0 Å². The van der Waals surface area contributed by atoms with Gasteiger partial charge in [-0.1, -0.05) is 35.7 Å². The van der Waals surface area contributed by atoms with Crippen LogP contribution in [0.5, 0.6) is 5.75 Å². The van der Waals surface area contributed by atoms with Crippen LogP contribution in [0.25, 0.3) is 11.0 Å². The van der Waals surface area contributed by atoms with Crippen molar-refractivity contribution < 1.29 is 34.5 Å². The minimum Gasteiger partial charge on any atom is -0.508 e. The summed E-state index contributed by atoms with van der Waals surface area (Å²) in [6.45, 7) is -0.369. The van der Waals surface area contributed by atoms with Gasteiger partial charge < -0.3 is 30.9 Å². The summed E-state index contributed by atoms with van der Waals surface area (Å²) < 4.78 is 0. The molecule has 1 saturated heterocycles. The third kappa shape index (κ3) is 5.49. The molecule has 2 unspecified atom stereocenters. The maximum absolute atomic E-state index is 13.7. The third-order valence-electron chi connectivity index (χ3n) is 7.07. The van der Waals surface area contributed by atoms with Crippen molar-refractivity contribution in [3.05, 3.63) is 85.6 Å². The Hall–Kier alpha value is -5.11. The molecule has 4 aromatic rings. The largest absolute Gasteiger partial charge is 0.508 e. The number of carbonyl (C=O) groups is 4. The van der Waals surface area contributed by atoms with E-state index in [-0.39, 0.29) is 60.9 Å². The number of nitrogens with zero attached hydrogens (tertiary/aromatic N) is 5. The number of aromatic hydroxyl groups is 1. The number of aliphatic carboxylic acids is 1. The molecule has 16 nitrogen and oxygen atoms in total. The molecule has 0 bridgehead atoms. The quantitative estimate of drug-likeness (QED) is 0.0775. The Morgan fingerprint density at radius 3 is 2.74 bits per heavy atom. The molecule has 6 N–H and O–H groups in total. The molecule has 6 rings (SSSR count). The Kier molecular flexibility index (Phi) is 8.30. The van der Waals surface area contributed by atoms with Crippen LogP contribution >= 0.6 is 35.3 Å². The highest BCUT2D eigenvalue weighted by atomic mass is 32.2. The Morgan fingerprint density at radius 2 is 2.02 bits per heavy atom. The zero-order valence-electron chi connectivity index (χ0n) is 23.0. The number of benzene rings is 1. The summed E-state index contributed by atoms with van der Waals surface area (Å²) in [4.78, 5) is 77.2. The number of β-lactam (4-membered cyclic amide) rings is 1. The van der Waals surface area contributed by atoms with Crippen LogP contribution in [-0.4, -0.2) is 91.1 Å². The highest BCUT2D eigenvalue weighted by Gasteiger charge is 2.55. The number of H-pyrrole nitrogens is 1. The third-order valence-corrected chi connectivity index (χ3v) is 9.84. The summed E-state index contributed by atoms with van der Waals surface area (Å²) in [6, 6.07) is 2.84. The first-order valence-electron chi connectivity index (χ1n) is 13.2. The molecule has 0 radical (unpaired) electrons. The van der Waals surface area contributed by atoms with Crippen LogP contribution < -0.4 is 16.1 Å².